The van der Waals surface area contributed by atoms with Gasteiger partial charge in [0.05, 0.1) is 0 Å². The van der Waals surface area contributed by atoms with Crippen LogP contribution in [0.5, 0.6) is 0 Å². The third-order valence-electron chi connectivity index (χ3n) is 3.25. The minimum atomic E-state index is -0.444. The molecule has 1 aliphatic rings. The molecule has 0 bridgehead atoms. The Kier molecular flexibility index (Phi) is 5.49. The van der Waals surface area contributed by atoms with Crippen LogP contribution in [0.25, 0.3) is 0 Å². The maximum Gasteiger partial charge on any atom is 0.410 e. The van der Waals surface area contributed by atoms with E-state index in [1.54, 1.807) is 17.3 Å². The van der Waals surface area contributed by atoms with Gasteiger partial charge < -0.3 is 15.0 Å². The number of nitrogens with zero attached hydrogens (tertiary/aromatic N) is 3. The lowest BCUT2D eigenvalue weighted by Crippen LogP contribution is -2.39. The molecule has 6 heteroatoms. The van der Waals surface area contributed by atoms with E-state index >= 15 is 0 Å². The van der Waals surface area contributed by atoms with Gasteiger partial charge in [0.15, 0.2) is 0 Å². The normalized spacial score (nSPS) is 15.4. The van der Waals surface area contributed by atoms with Gasteiger partial charge in [-0.05, 0) is 27.2 Å². The fraction of sp³-hybridized carbons (Fsp3) is 0.562. The van der Waals surface area contributed by atoms with Crippen LogP contribution in [0.2, 0.25) is 0 Å². The van der Waals surface area contributed by atoms with Crippen LogP contribution in [0, 0.1) is 0 Å². The molecule has 0 radical (unpaired) electrons. The summed E-state index contributed by atoms with van der Waals surface area (Å²) in [7, 11) is 0. The minimum Gasteiger partial charge on any atom is -0.444 e. The Hall–Kier alpha value is -1.95. The molecule has 0 atom stereocenters. The summed E-state index contributed by atoms with van der Waals surface area (Å²) in [6.45, 7) is 8.52. The third kappa shape index (κ3) is 5.44. The van der Waals surface area contributed by atoms with E-state index in [1.807, 2.05) is 20.8 Å². The number of nitrogens with one attached hydrogen (secondary N) is 1. The Morgan fingerprint density at radius 2 is 2.05 bits per heavy atom. The molecule has 2 rings (SSSR count). The fourth-order valence-electron chi connectivity index (χ4n) is 2.15. The first kappa shape index (κ1) is 16.4. The highest BCUT2D eigenvalue weighted by Gasteiger charge is 2.23. The van der Waals surface area contributed by atoms with Crippen molar-refractivity contribution < 1.29 is 9.53 Å². The Balaban J connectivity index is 1.73. The van der Waals surface area contributed by atoms with Crippen molar-refractivity contribution in [2.45, 2.75) is 39.3 Å². The summed E-state index contributed by atoms with van der Waals surface area (Å²) in [5.41, 5.74) is 1.94. The van der Waals surface area contributed by atoms with Crippen molar-refractivity contribution in [1.29, 1.82) is 0 Å². The fourth-order valence-corrected chi connectivity index (χ4v) is 2.15. The molecule has 22 heavy (non-hydrogen) atoms. The molecule has 6 nitrogen and oxygen atoms in total. The summed E-state index contributed by atoms with van der Waals surface area (Å²) < 4.78 is 5.38. The maximum atomic E-state index is 12.0. The molecule has 0 aliphatic carbocycles. The second-order valence-electron chi connectivity index (χ2n) is 6.39. The second kappa shape index (κ2) is 7.35. The molecule has 0 fully saturated rings. The Bertz CT molecular complexity index is 523. The van der Waals surface area contributed by atoms with Gasteiger partial charge in [0, 0.05) is 44.1 Å². The Morgan fingerprint density at radius 1 is 1.32 bits per heavy atom. The molecule has 1 aromatic heterocycles. The van der Waals surface area contributed by atoms with Crippen LogP contribution in [-0.4, -0.2) is 46.2 Å². The number of amides is 1. The number of carbonyl (C=O) groups is 1. The minimum absolute atomic E-state index is 0.239. The number of aromatic nitrogens is 2. The zero-order valence-electron chi connectivity index (χ0n) is 13.5. The highest BCUT2D eigenvalue weighted by Crippen LogP contribution is 2.15. The first-order chi connectivity index (χ1) is 10.4. The van der Waals surface area contributed by atoms with Crippen LogP contribution in [-0.2, 0) is 11.3 Å². The van der Waals surface area contributed by atoms with Gasteiger partial charge in [0.25, 0.3) is 0 Å². The zero-order valence-corrected chi connectivity index (χ0v) is 13.5. The molecule has 2 heterocycles. The van der Waals surface area contributed by atoms with Gasteiger partial charge in [-0.1, -0.05) is 11.6 Å². The number of hydrogen-bond donors (Lipinski definition) is 1. The molecule has 0 unspecified atom stereocenters. The van der Waals surface area contributed by atoms with Crippen molar-refractivity contribution in [2.24, 2.45) is 0 Å². The van der Waals surface area contributed by atoms with Gasteiger partial charge in [-0.2, -0.15) is 0 Å². The number of rotatable bonds is 4. The van der Waals surface area contributed by atoms with Crippen molar-refractivity contribution in [3.8, 4) is 0 Å². The summed E-state index contributed by atoms with van der Waals surface area (Å²) in [5.74, 6) is 0. The van der Waals surface area contributed by atoms with Crippen LogP contribution < -0.4 is 5.32 Å². The SMILES string of the molecule is CC(C)(C)OC(=O)N1CC=C(CNCc2cncnc2)CC1. The van der Waals surface area contributed by atoms with Crippen molar-refractivity contribution in [2.75, 3.05) is 19.6 Å². The lowest BCUT2D eigenvalue weighted by atomic mass is 10.1. The smallest absolute Gasteiger partial charge is 0.410 e. The van der Waals surface area contributed by atoms with E-state index in [9.17, 15) is 4.79 Å². The second-order valence-corrected chi connectivity index (χ2v) is 6.39. The lowest BCUT2D eigenvalue weighted by Gasteiger charge is -2.29. The summed E-state index contributed by atoms with van der Waals surface area (Å²) in [6, 6.07) is 0. The Morgan fingerprint density at radius 3 is 2.64 bits per heavy atom. The molecular weight excluding hydrogens is 280 g/mol. The van der Waals surface area contributed by atoms with E-state index in [0.29, 0.717) is 13.1 Å². The first-order valence-corrected chi connectivity index (χ1v) is 7.54. The summed E-state index contributed by atoms with van der Waals surface area (Å²) in [4.78, 5) is 21.7. The monoisotopic (exact) mass is 304 g/mol. The van der Waals surface area contributed by atoms with E-state index < -0.39 is 5.60 Å². The largest absolute Gasteiger partial charge is 0.444 e. The first-order valence-electron chi connectivity index (χ1n) is 7.54. The molecular formula is C16H24N4O2. The predicted octanol–water partition coefficient (Wildman–Crippen LogP) is 2.13. The molecule has 1 amide bonds. The summed E-state index contributed by atoms with van der Waals surface area (Å²) in [5, 5.41) is 3.37. The van der Waals surface area contributed by atoms with Crippen LogP contribution in [0.1, 0.15) is 32.8 Å². The summed E-state index contributed by atoms with van der Waals surface area (Å²) in [6.07, 6.45) is 7.87. The van der Waals surface area contributed by atoms with Gasteiger partial charge >= 0.3 is 6.09 Å². The van der Waals surface area contributed by atoms with Crippen LogP contribution in [0.15, 0.2) is 30.4 Å². The highest BCUT2D eigenvalue weighted by atomic mass is 16.6. The number of hydrogen-bond acceptors (Lipinski definition) is 5. The molecule has 120 valence electrons. The highest BCUT2D eigenvalue weighted by molar-refractivity contribution is 5.68. The van der Waals surface area contributed by atoms with E-state index in [0.717, 1.165) is 25.1 Å². The molecule has 1 aromatic rings. The van der Waals surface area contributed by atoms with Gasteiger partial charge in [0.1, 0.15) is 11.9 Å². The molecule has 0 saturated heterocycles. The van der Waals surface area contributed by atoms with Gasteiger partial charge in [-0.25, -0.2) is 14.8 Å². The van der Waals surface area contributed by atoms with E-state index in [2.05, 4.69) is 21.4 Å². The predicted molar refractivity (Wildman–Crippen MR) is 84.2 cm³/mol. The van der Waals surface area contributed by atoms with E-state index in [-0.39, 0.29) is 6.09 Å². The van der Waals surface area contributed by atoms with Gasteiger partial charge in [-0.3, -0.25) is 0 Å². The third-order valence-corrected chi connectivity index (χ3v) is 3.25. The zero-order chi connectivity index (χ0) is 16.0. The molecule has 0 spiro atoms. The van der Waals surface area contributed by atoms with Crippen molar-refractivity contribution in [1.82, 2.24) is 20.2 Å². The van der Waals surface area contributed by atoms with Crippen LogP contribution in [0.4, 0.5) is 4.79 Å². The standard InChI is InChI=1S/C16H24N4O2/c1-16(2,3)22-15(21)20-6-4-13(5-7-20)8-17-9-14-10-18-12-19-11-14/h4,10-12,17H,5-9H2,1-3H3. The summed E-state index contributed by atoms with van der Waals surface area (Å²) >= 11 is 0. The maximum absolute atomic E-state index is 12.0. The molecule has 0 aromatic carbocycles. The van der Waals surface area contributed by atoms with Crippen LogP contribution in [0.3, 0.4) is 0 Å². The molecule has 0 saturated carbocycles. The average molecular weight is 304 g/mol. The lowest BCUT2D eigenvalue weighted by molar-refractivity contribution is 0.0265. The van der Waals surface area contributed by atoms with Gasteiger partial charge in [-0.15, -0.1) is 0 Å². The molecule has 1 aliphatic heterocycles. The number of ether oxygens (including phenoxy) is 1. The number of carbonyl (C=O) groups excluding carboxylic acids is 1. The average Bonchev–Trinajstić information content (AvgIpc) is 2.47. The molecule has 1 N–H and O–H groups in total. The van der Waals surface area contributed by atoms with E-state index in [1.165, 1.54) is 11.9 Å². The quantitative estimate of drug-likeness (QED) is 0.863. The van der Waals surface area contributed by atoms with Crippen molar-refractivity contribution in [3.63, 3.8) is 0 Å². The topological polar surface area (TPSA) is 67.3 Å². The van der Waals surface area contributed by atoms with Crippen molar-refractivity contribution >= 4 is 6.09 Å². The van der Waals surface area contributed by atoms with Crippen LogP contribution >= 0.6 is 0 Å². The Labute approximate surface area is 131 Å². The van der Waals surface area contributed by atoms with E-state index in [4.69, 9.17) is 4.74 Å². The van der Waals surface area contributed by atoms with Crippen molar-refractivity contribution in [3.05, 3.63) is 35.9 Å². The van der Waals surface area contributed by atoms with Gasteiger partial charge in [0.2, 0.25) is 0 Å².